The largest absolute Gasteiger partial charge is 0.356 e. The monoisotopic (exact) mass is 374 g/mol. The highest BCUT2D eigenvalue weighted by atomic mass is 15.2. The molecule has 1 saturated heterocycles. The van der Waals surface area contributed by atoms with Gasteiger partial charge < -0.3 is 14.8 Å². The quantitative estimate of drug-likeness (QED) is 0.761. The minimum Gasteiger partial charge on any atom is -0.356 e. The lowest BCUT2D eigenvalue weighted by molar-refractivity contribution is 0.364. The van der Waals surface area contributed by atoms with Crippen LogP contribution in [-0.4, -0.2) is 39.2 Å². The number of benzene rings is 1. The number of fused-ring (bicyclic) bond motifs is 1. The third-order valence-corrected chi connectivity index (χ3v) is 5.79. The van der Waals surface area contributed by atoms with Crippen molar-refractivity contribution in [2.75, 3.05) is 24.5 Å². The molecule has 1 N–H and O–H groups in total. The summed E-state index contributed by atoms with van der Waals surface area (Å²) in [6, 6.07) is 10.3. The van der Waals surface area contributed by atoms with Gasteiger partial charge in [0, 0.05) is 49.7 Å². The fraction of sp³-hybridized carbons (Fsp3) is 0.409. The zero-order valence-electron chi connectivity index (χ0n) is 16.1. The number of imidazole rings is 1. The molecule has 1 atom stereocenters. The zero-order chi connectivity index (χ0) is 18.8. The zero-order valence-corrected chi connectivity index (χ0v) is 16.1. The predicted octanol–water partition coefficient (Wildman–Crippen LogP) is 2.90. The van der Waals surface area contributed by atoms with Gasteiger partial charge in [-0.2, -0.15) is 0 Å². The minimum atomic E-state index is 0.621. The lowest BCUT2D eigenvalue weighted by Crippen LogP contribution is -2.39. The molecule has 144 valence electrons. The van der Waals surface area contributed by atoms with E-state index in [1.165, 1.54) is 18.4 Å². The Hall–Kier alpha value is -2.73. The van der Waals surface area contributed by atoms with Crippen molar-refractivity contribution in [1.29, 1.82) is 0 Å². The van der Waals surface area contributed by atoms with Crippen molar-refractivity contribution in [2.45, 2.75) is 32.4 Å². The number of piperidine rings is 1. The molecule has 2 aliphatic rings. The molecule has 5 rings (SSSR count). The van der Waals surface area contributed by atoms with Crippen molar-refractivity contribution in [3.63, 3.8) is 0 Å². The average molecular weight is 374 g/mol. The van der Waals surface area contributed by atoms with Crippen LogP contribution in [0.2, 0.25) is 0 Å². The average Bonchev–Trinajstić information content (AvgIpc) is 3.27. The Bertz CT molecular complexity index is 922. The highest BCUT2D eigenvalue weighted by Crippen LogP contribution is 2.30. The van der Waals surface area contributed by atoms with E-state index in [9.17, 15) is 0 Å². The van der Waals surface area contributed by atoms with Crippen molar-refractivity contribution in [3.05, 3.63) is 60.3 Å². The van der Waals surface area contributed by atoms with E-state index < -0.39 is 0 Å². The van der Waals surface area contributed by atoms with Gasteiger partial charge in [-0.1, -0.05) is 30.3 Å². The van der Waals surface area contributed by atoms with Gasteiger partial charge in [0.05, 0.1) is 12.0 Å². The molecule has 0 radical (unpaired) electrons. The minimum absolute atomic E-state index is 0.621. The van der Waals surface area contributed by atoms with Crippen LogP contribution in [0.1, 0.15) is 24.1 Å². The standard InChI is InChI=1S/C22H26N6/c1-2-6-18(7-3-1)21-25-20-13-23-9-8-19(20)22(26-21)28-11-4-5-17(15-28)14-27-12-10-24-16-27/h1-3,6-7,10,12,16-17,23H,4-5,8-9,11,13-15H2. The van der Waals surface area contributed by atoms with Gasteiger partial charge in [0.1, 0.15) is 5.82 Å². The Labute approximate surface area is 165 Å². The topological polar surface area (TPSA) is 58.9 Å². The van der Waals surface area contributed by atoms with E-state index in [0.717, 1.165) is 62.0 Å². The van der Waals surface area contributed by atoms with Gasteiger partial charge in [-0.3, -0.25) is 0 Å². The molecule has 0 spiro atoms. The van der Waals surface area contributed by atoms with Crippen LogP contribution in [0.3, 0.4) is 0 Å². The summed E-state index contributed by atoms with van der Waals surface area (Å²) in [5.41, 5.74) is 3.58. The first-order valence-corrected chi connectivity index (χ1v) is 10.2. The Balaban J connectivity index is 1.47. The summed E-state index contributed by atoms with van der Waals surface area (Å²) in [6.07, 6.45) is 9.31. The summed E-state index contributed by atoms with van der Waals surface area (Å²) < 4.78 is 2.20. The van der Waals surface area contributed by atoms with Crippen LogP contribution in [0.4, 0.5) is 5.82 Å². The van der Waals surface area contributed by atoms with Crippen LogP contribution in [0, 0.1) is 5.92 Å². The summed E-state index contributed by atoms with van der Waals surface area (Å²) in [4.78, 5) is 16.7. The summed E-state index contributed by atoms with van der Waals surface area (Å²) >= 11 is 0. The molecule has 28 heavy (non-hydrogen) atoms. The van der Waals surface area contributed by atoms with Crippen LogP contribution in [0.25, 0.3) is 11.4 Å². The molecule has 0 saturated carbocycles. The van der Waals surface area contributed by atoms with Crippen molar-refractivity contribution in [3.8, 4) is 11.4 Å². The van der Waals surface area contributed by atoms with Crippen molar-refractivity contribution >= 4 is 5.82 Å². The van der Waals surface area contributed by atoms with Gasteiger partial charge in [0.25, 0.3) is 0 Å². The summed E-state index contributed by atoms with van der Waals surface area (Å²) in [6.45, 7) is 4.98. The fourth-order valence-electron chi connectivity index (χ4n) is 4.42. The first-order valence-electron chi connectivity index (χ1n) is 10.2. The van der Waals surface area contributed by atoms with E-state index in [2.05, 4.69) is 50.2 Å². The Kier molecular flexibility index (Phi) is 4.79. The summed E-state index contributed by atoms with van der Waals surface area (Å²) in [5, 5.41) is 3.47. The summed E-state index contributed by atoms with van der Waals surface area (Å²) in [7, 11) is 0. The molecular weight excluding hydrogens is 348 g/mol. The van der Waals surface area contributed by atoms with Crippen molar-refractivity contribution in [1.82, 2.24) is 24.8 Å². The van der Waals surface area contributed by atoms with E-state index in [1.54, 1.807) is 0 Å². The molecule has 6 nitrogen and oxygen atoms in total. The molecule has 6 heteroatoms. The molecule has 0 bridgehead atoms. The molecule has 2 aromatic heterocycles. The van der Waals surface area contributed by atoms with Crippen LogP contribution in [0.15, 0.2) is 49.1 Å². The highest BCUT2D eigenvalue weighted by Gasteiger charge is 2.26. The lowest BCUT2D eigenvalue weighted by atomic mass is 9.96. The van der Waals surface area contributed by atoms with E-state index in [4.69, 9.17) is 9.97 Å². The summed E-state index contributed by atoms with van der Waals surface area (Å²) in [5.74, 6) is 2.62. The third-order valence-electron chi connectivity index (χ3n) is 5.79. The van der Waals surface area contributed by atoms with Crippen LogP contribution < -0.4 is 10.2 Å². The third kappa shape index (κ3) is 3.52. The maximum Gasteiger partial charge on any atom is 0.161 e. The molecular formula is C22H26N6. The predicted molar refractivity (Wildman–Crippen MR) is 110 cm³/mol. The number of nitrogens with one attached hydrogen (secondary N) is 1. The van der Waals surface area contributed by atoms with Crippen LogP contribution >= 0.6 is 0 Å². The molecule has 1 fully saturated rings. The number of nitrogens with zero attached hydrogens (tertiary/aromatic N) is 5. The molecule has 3 aromatic rings. The molecule has 0 amide bonds. The first kappa shape index (κ1) is 17.4. The van der Waals surface area contributed by atoms with E-state index in [1.807, 2.05) is 18.6 Å². The van der Waals surface area contributed by atoms with E-state index in [0.29, 0.717) is 5.92 Å². The Morgan fingerprint density at radius 2 is 2.07 bits per heavy atom. The van der Waals surface area contributed by atoms with Crippen molar-refractivity contribution < 1.29 is 0 Å². The van der Waals surface area contributed by atoms with Gasteiger partial charge in [-0.05, 0) is 31.7 Å². The lowest BCUT2D eigenvalue weighted by Gasteiger charge is -2.36. The molecule has 1 unspecified atom stereocenters. The number of anilines is 1. The second-order valence-electron chi connectivity index (χ2n) is 7.80. The smallest absolute Gasteiger partial charge is 0.161 e. The van der Waals surface area contributed by atoms with Gasteiger partial charge in [-0.25, -0.2) is 15.0 Å². The second kappa shape index (κ2) is 7.72. The number of aromatic nitrogens is 4. The maximum atomic E-state index is 5.08. The fourth-order valence-corrected chi connectivity index (χ4v) is 4.42. The Morgan fingerprint density at radius 3 is 2.93 bits per heavy atom. The second-order valence-corrected chi connectivity index (χ2v) is 7.80. The molecule has 4 heterocycles. The van der Waals surface area contributed by atoms with E-state index in [-0.39, 0.29) is 0 Å². The van der Waals surface area contributed by atoms with Crippen LogP contribution in [0.5, 0.6) is 0 Å². The van der Waals surface area contributed by atoms with E-state index >= 15 is 0 Å². The normalized spacial score (nSPS) is 19.4. The van der Waals surface area contributed by atoms with Gasteiger partial charge in [0.2, 0.25) is 0 Å². The molecule has 1 aromatic carbocycles. The number of rotatable bonds is 4. The van der Waals surface area contributed by atoms with Gasteiger partial charge >= 0.3 is 0 Å². The Morgan fingerprint density at radius 1 is 1.14 bits per heavy atom. The van der Waals surface area contributed by atoms with Crippen LogP contribution in [-0.2, 0) is 19.5 Å². The highest BCUT2D eigenvalue weighted by molar-refractivity contribution is 5.61. The van der Waals surface area contributed by atoms with Gasteiger partial charge in [0.15, 0.2) is 5.82 Å². The van der Waals surface area contributed by atoms with Gasteiger partial charge in [-0.15, -0.1) is 0 Å². The number of hydrogen-bond donors (Lipinski definition) is 1. The number of hydrogen-bond acceptors (Lipinski definition) is 5. The van der Waals surface area contributed by atoms with Crippen molar-refractivity contribution in [2.24, 2.45) is 5.92 Å². The first-order chi connectivity index (χ1) is 13.9. The SMILES string of the molecule is c1ccc(-c2nc3c(c(N4CCCC(Cn5ccnc5)C4)n2)CCNC3)cc1. The molecule has 2 aliphatic heterocycles. The maximum absolute atomic E-state index is 5.08. The molecule has 0 aliphatic carbocycles.